The highest BCUT2D eigenvalue weighted by molar-refractivity contribution is 5.89. The molecule has 0 saturated carbocycles. The van der Waals surface area contributed by atoms with Crippen LogP contribution < -0.4 is 0 Å². The first-order chi connectivity index (χ1) is 5.04. The topological polar surface area (TPSA) is 126 Å². The Bertz CT molecular complexity index is 134. The molecule has 0 radical (unpaired) electrons. The summed E-state index contributed by atoms with van der Waals surface area (Å²) >= 11 is 0. The van der Waals surface area contributed by atoms with Crippen LogP contribution in [0.4, 0.5) is 0 Å². The molecule has 72 valence electrons. The molecule has 12 heavy (non-hydrogen) atoms. The summed E-state index contributed by atoms with van der Waals surface area (Å²) in [7, 11) is 0. The van der Waals surface area contributed by atoms with Gasteiger partial charge in [0, 0.05) is 18.8 Å². The smallest absolute Gasteiger partial charge is 0.328 e. The van der Waals surface area contributed by atoms with E-state index in [2.05, 4.69) is 0 Å². The molecule has 0 aliphatic rings. The molecule has 0 aromatic carbocycles. The van der Waals surface area contributed by atoms with Gasteiger partial charge in [0.1, 0.15) is 0 Å². The third-order valence-electron chi connectivity index (χ3n) is 0.368. The van der Waals surface area contributed by atoms with Crippen LogP contribution in [0.2, 0.25) is 0 Å². The SMILES string of the molecule is CCO.O.O=C(O)/C=C/C(=O)O. The highest BCUT2D eigenvalue weighted by atomic mass is 16.4. The normalized spacial score (nSPS) is 7.83. The maximum absolute atomic E-state index is 9.55. The Hall–Kier alpha value is -1.40. The van der Waals surface area contributed by atoms with Gasteiger partial charge in [-0.25, -0.2) is 9.59 Å². The van der Waals surface area contributed by atoms with Crippen molar-refractivity contribution >= 4 is 11.9 Å². The van der Waals surface area contributed by atoms with Crippen LogP contribution in [0.15, 0.2) is 12.2 Å². The summed E-state index contributed by atoms with van der Waals surface area (Å²) < 4.78 is 0. The Balaban J connectivity index is -0.000000177. The molecule has 0 atom stereocenters. The Morgan fingerprint density at radius 1 is 1.17 bits per heavy atom. The van der Waals surface area contributed by atoms with Gasteiger partial charge in [-0.15, -0.1) is 0 Å². The highest BCUT2D eigenvalue weighted by Crippen LogP contribution is 1.70. The van der Waals surface area contributed by atoms with Crippen molar-refractivity contribution in [3.05, 3.63) is 12.2 Å². The fourth-order valence-corrected chi connectivity index (χ4v) is 0.143. The molecule has 0 amide bonds. The largest absolute Gasteiger partial charge is 0.478 e. The quantitative estimate of drug-likeness (QED) is 0.464. The van der Waals surface area contributed by atoms with E-state index < -0.39 is 11.9 Å². The zero-order valence-electron chi connectivity index (χ0n) is 6.52. The number of carboxylic acids is 2. The van der Waals surface area contributed by atoms with Crippen molar-refractivity contribution in [3.8, 4) is 0 Å². The summed E-state index contributed by atoms with van der Waals surface area (Å²) in [6.07, 6.45) is 1.12. The van der Waals surface area contributed by atoms with Crippen LogP contribution in [0.5, 0.6) is 0 Å². The molecule has 0 unspecified atom stereocenters. The lowest BCUT2D eigenvalue weighted by Gasteiger charge is -1.74. The van der Waals surface area contributed by atoms with Crippen molar-refractivity contribution in [1.82, 2.24) is 0 Å². The molecule has 0 aromatic heterocycles. The van der Waals surface area contributed by atoms with E-state index in [1.807, 2.05) is 0 Å². The molecule has 0 heterocycles. The molecule has 0 aliphatic carbocycles. The van der Waals surface area contributed by atoms with E-state index in [0.717, 1.165) is 0 Å². The zero-order valence-corrected chi connectivity index (χ0v) is 6.52. The fourth-order valence-electron chi connectivity index (χ4n) is 0.143. The van der Waals surface area contributed by atoms with Gasteiger partial charge in [-0.3, -0.25) is 0 Å². The molecular weight excluding hydrogens is 168 g/mol. The van der Waals surface area contributed by atoms with Crippen LogP contribution >= 0.6 is 0 Å². The Labute approximate surface area is 69.1 Å². The molecular formula is C6H12O6. The monoisotopic (exact) mass is 180 g/mol. The number of rotatable bonds is 2. The van der Waals surface area contributed by atoms with Crippen LogP contribution in [-0.2, 0) is 9.59 Å². The van der Waals surface area contributed by atoms with Gasteiger partial charge in [0.25, 0.3) is 0 Å². The number of aliphatic hydroxyl groups excluding tert-OH is 1. The second-order valence-electron chi connectivity index (χ2n) is 1.33. The second-order valence-corrected chi connectivity index (χ2v) is 1.33. The van der Waals surface area contributed by atoms with E-state index in [4.69, 9.17) is 15.3 Å². The lowest BCUT2D eigenvalue weighted by Crippen LogP contribution is -1.91. The van der Waals surface area contributed by atoms with Gasteiger partial charge in [-0.05, 0) is 6.92 Å². The summed E-state index contributed by atoms with van der Waals surface area (Å²) in [6, 6.07) is 0. The van der Waals surface area contributed by atoms with E-state index in [0.29, 0.717) is 12.2 Å². The zero-order chi connectivity index (χ0) is 9.28. The molecule has 0 aromatic rings. The molecule has 5 N–H and O–H groups in total. The van der Waals surface area contributed by atoms with Gasteiger partial charge >= 0.3 is 11.9 Å². The minimum absolute atomic E-state index is 0. The predicted molar refractivity (Wildman–Crippen MR) is 40.8 cm³/mol. The third-order valence-corrected chi connectivity index (χ3v) is 0.368. The minimum atomic E-state index is -1.26. The number of hydrogen-bond donors (Lipinski definition) is 3. The van der Waals surface area contributed by atoms with Gasteiger partial charge in [0.05, 0.1) is 0 Å². The van der Waals surface area contributed by atoms with E-state index in [9.17, 15) is 9.59 Å². The standard InChI is InChI=1S/C4H4O4.C2H6O.H2O/c5-3(6)1-2-4(7)8;1-2-3;/h1-2H,(H,5,6)(H,7,8);3H,2H2,1H3;1H2/b2-1+;;. The van der Waals surface area contributed by atoms with E-state index in [1.165, 1.54) is 0 Å². The number of aliphatic carboxylic acids is 2. The van der Waals surface area contributed by atoms with E-state index >= 15 is 0 Å². The summed E-state index contributed by atoms with van der Waals surface area (Å²) in [5.41, 5.74) is 0. The minimum Gasteiger partial charge on any atom is -0.478 e. The van der Waals surface area contributed by atoms with Crippen molar-refractivity contribution in [1.29, 1.82) is 0 Å². The third kappa shape index (κ3) is 38.3. The molecule has 6 nitrogen and oxygen atoms in total. The van der Waals surface area contributed by atoms with Crippen molar-refractivity contribution in [2.45, 2.75) is 6.92 Å². The fraction of sp³-hybridized carbons (Fsp3) is 0.333. The first-order valence-corrected chi connectivity index (χ1v) is 2.79. The van der Waals surface area contributed by atoms with Gasteiger partial charge < -0.3 is 20.8 Å². The molecule has 0 bridgehead atoms. The van der Waals surface area contributed by atoms with Crippen LogP contribution in [0.25, 0.3) is 0 Å². The Kier molecular flexibility index (Phi) is 17.3. The average Bonchev–Trinajstić information content (AvgIpc) is 1.85. The maximum Gasteiger partial charge on any atom is 0.328 e. The van der Waals surface area contributed by atoms with Crippen molar-refractivity contribution in [3.63, 3.8) is 0 Å². The first kappa shape index (κ1) is 16.9. The molecule has 6 heteroatoms. The molecule has 0 aliphatic heterocycles. The van der Waals surface area contributed by atoms with Crippen LogP contribution in [-0.4, -0.2) is 39.3 Å². The van der Waals surface area contributed by atoms with Crippen molar-refractivity contribution in [2.75, 3.05) is 6.61 Å². The van der Waals surface area contributed by atoms with Gasteiger partial charge in [-0.1, -0.05) is 0 Å². The van der Waals surface area contributed by atoms with Crippen LogP contribution in [0.1, 0.15) is 6.92 Å². The summed E-state index contributed by atoms with van der Waals surface area (Å²) in [6.45, 7) is 1.93. The van der Waals surface area contributed by atoms with E-state index in [1.54, 1.807) is 6.92 Å². The number of carboxylic acid groups (broad SMARTS) is 2. The van der Waals surface area contributed by atoms with Crippen molar-refractivity contribution in [2.24, 2.45) is 0 Å². The first-order valence-electron chi connectivity index (χ1n) is 2.79. The maximum atomic E-state index is 9.55. The van der Waals surface area contributed by atoms with Crippen LogP contribution in [0.3, 0.4) is 0 Å². The molecule has 0 fully saturated rings. The summed E-state index contributed by atoms with van der Waals surface area (Å²) in [5, 5.41) is 23.2. The Morgan fingerprint density at radius 3 is 1.42 bits per heavy atom. The van der Waals surface area contributed by atoms with Crippen molar-refractivity contribution < 1.29 is 30.4 Å². The average molecular weight is 180 g/mol. The van der Waals surface area contributed by atoms with E-state index in [-0.39, 0.29) is 12.1 Å². The second kappa shape index (κ2) is 12.3. The summed E-state index contributed by atoms with van der Waals surface area (Å²) in [5.74, 6) is -2.51. The number of aliphatic hydroxyl groups is 1. The highest BCUT2D eigenvalue weighted by Gasteiger charge is 1.88. The lowest BCUT2D eigenvalue weighted by atomic mass is 10.5. The Morgan fingerprint density at radius 2 is 1.33 bits per heavy atom. The lowest BCUT2D eigenvalue weighted by molar-refractivity contribution is -0.134. The summed E-state index contributed by atoms with van der Waals surface area (Å²) in [4.78, 5) is 19.1. The predicted octanol–water partition coefficient (Wildman–Crippen LogP) is -1.11. The molecule has 0 saturated heterocycles. The van der Waals surface area contributed by atoms with Crippen LogP contribution in [0, 0.1) is 0 Å². The molecule has 0 rings (SSSR count). The molecule has 0 spiro atoms. The van der Waals surface area contributed by atoms with Gasteiger partial charge in [0.2, 0.25) is 0 Å². The number of carbonyl (C=O) groups is 2. The van der Waals surface area contributed by atoms with Gasteiger partial charge in [0.15, 0.2) is 0 Å². The number of hydrogen-bond acceptors (Lipinski definition) is 3. The van der Waals surface area contributed by atoms with Gasteiger partial charge in [-0.2, -0.15) is 0 Å².